The van der Waals surface area contributed by atoms with Crippen molar-refractivity contribution in [1.29, 1.82) is 0 Å². The topological polar surface area (TPSA) is 40.0 Å². The van der Waals surface area contributed by atoms with Gasteiger partial charge in [-0.15, -0.1) is 0 Å². The van der Waals surface area contributed by atoms with Crippen LogP contribution in [0.2, 0.25) is 0 Å². The van der Waals surface area contributed by atoms with Gasteiger partial charge in [0.1, 0.15) is 11.9 Å². The molecule has 0 amide bonds. The minimum Gasteiger partial charge on any atom is -0.348 e. The van der Waals surface area contributed by atoms with Gasteiger partial charge in [-0.3, -0.25) is 4.99 Å². The molecule has 142 valence electrons. The van der Waals surface area contributed by atoms with Gasteiger partial charge in [0.25, 0.3) is 0 Å². The highest BCUT2D eigenvalue weighted by Crippen LogP contribution is 2.45. The van der Waals surface area contributed by atoms with E-state index in [4.69, 9.17) is 0 Å². The first-order valence-corrected chi connectivity index (χ1v) is 10.8. The molecule has 0 aromatic heterocycles. The Bertz CT molecular complexity index is 833. The number of hydrogen-bond donors (Lipinski definition) is 1. The van der Waals surface area contributed by atoms with Crippen molar-refractivity contribution < 1.29 is 0 Å². The molecule has 3 aliphatic heterocycles. The van der Waals surface area contributed by atoms with Gasteiger partial charge in [0, 0.05) is 15.3 Å². The van der Waals surface area contributed by atoms with Crippen molar-refractivity contribution >= 4 is 34.7 Å². The number of nitrogens with zero attached hydrogens (tertiary/aromatic N) is 3. The van der Waals surface area contributed by atoms with Crippen molar-refractivity contribution in [3.05, 3.63) is 53.7 Å². The average molecular weight is 474 g/mol. The second-order valence-electron chi connectivity index (χ2n) is 8.34. The van der Waals surface area contributed by atoms with Gasteiger partial charge < -0.3 is 10.2 Å². The molecule has 0 aromatic carbocycles. The van der Waals surface area contributed by atoms with Gasteiger partial charge in [-0.2, -0.15) is 4.99 Å². The molecule has 2 bridgehead atoms. The number of alkyl halides is 1. The van der Waals surface area contributed by atoms with Gasteiger partial charge >= 0.3 is 0 Å². The Morgan fingerprint density at radius 3 is 3.04 bits per heavy atom. The molecule has 0 radical (unpaired) electrons. The minimum atomic E-state index is 0.0622. The Labute approximate surface area is 175 Å². The molecular weight excluding hydrogens is 447 g/mol. The Hall–Kier alpha value is -1.59. The van der Waals surface area contributed by atoms with Crippen molar-refractivity contribution in [3.8, 4) is 0 Å². The third-order valence-corrected chi connectivity index (χ3v) is 6.95. The summed E-state index contributed by atoms with van der Waals surface area (Å²) in [7, 11) is 0. The van der Waals surface area contributed by atoms with Crippen LogP contribution < -0.4 is 5.32 Å². The monoisotopic (exact) mass is 474 g/mol. The molecule has 4 aliphatic rings. The van der Waals surface area contributed by atoms with Crippen LogP contribution in [-0.4, -0.2) is 32.6 Å². The molecule has 27 heavy (non-hydrogen) atoms. The van der Waals surface area contributed by atoms with Crippen molar-refractivity contribution in [2.24, 2.45) is 21.8 Å². The zero-order valence-electron chi connectivity index (χ0n) is 16.2. The molecule has 4 nitrogen and oxygen atoms in total. The van der Waals surface area contributed by atoms with E-state index in [0.29, 0.717) is 17.9 Å². The van der Waals surface area contributed by atoms with E-state index in [1.165, 1.54) is 11.1 Å². The Kier molecular flexibility index (Phi) is 4.93. The van der Waals surface area contributed by atoms with Crippen molar-refractivity contribution in [2.45, 2.75) is 55.7 Å². The second kappa shape index (κ2) is 7.10. The predicted molar refractivity (Wildman–Crippen MR) is 121 cm³/mol. The molecule has 4 unspecified atom stereocenters. The van der Waals surface area contributed by atoms with Crippen LogP contribution in [0.4, 0.5) is 0 Å². The average Bonchev–Trinajstić information content (AvgIpc) is 2.82. The Morgan fingerprint density at radius 1 is 1.44 bits per heavy atom. The van der Waals surface area contributed by atoms with Crippen LogP contribution in [0.25, 0.3) is 0 Å². The van der Waals surface area contributed by atoms with Crippen molar-refractivity contribution in [2.75, 3.05) is 0 Å². The van der Waals surface area contributed by atoms with Gasteiger partial charge in [-0.1, -0.05) is 65.5 Å². The zero-order chi connectivity index (χ0) is 19.2. The minimum absolute atomic E-state index is 0.0622. The molecule has 0 aromatic rings. The van der Waals surface area contributed by atoms with E-state index < -0.39 is 0 Å². The van der Waals surface area contributed by atoms with Crippen molar-refractivity contribution in [3.63, 3.8) is 0 Å². The summed E-state index contributed by atoms with van der Waals surface area (Å²) < 4.78 is 0.0622. The third-order valence-electron chi connectivity index (χ3n) is 6.26. The van der Waals surface area contributed by atoms with Crippen LogP contribution in [0.15, 0.2) is 63.7 Å². The standard InChI is InChI=1S/C22H27IN4/c1-14-16-7-5-6-8-17(11-16)27-19-13-24-9-10-25-21(19)26-20(27)12-18(14)15(2)22(3,4)23/h5-7,9,13-14,17-18,20,26H,2,8,11-12H2,1,3-4H3. The van der Waals surface area contributed by atoms with E-state index in [0.717, 1.165) is 30.8 Å². The van der Waals surface area contributed by atoms with Gasteiger partial charge in [-0.25, -0.2) is 0 Å². The van der Waals surface area contributed by atoms with Gasteiger partial charge in [0.15, 0.2) is 5.82 Å². The first-order chi connectivity index (χ1) is 12.9. The van der Waals surface area contributed by atoms with Crippen LogP contribution in [-0.2, 0) is 0 Å². The maximum Gasteiger partial charge on any atom is 0.162 e. The number of fused-ring (bicyclic) bond motifs is 5. The fourth-order valence-corrected chi connectivity index (χ4v) is 5.06. The first-order valence-electron chi connectivity index (χ1n) is 9.70. The Balaban J connectivity index is 1.77. The number of allylic oxidation sites excluding steroid dienone is 4. The molecule has 3 heterocycles. The van der Waals surface area contributed by atoms with E-state index in [1.807, 2.05) is 6.21 Å². The lowest BCUT2D eigenvalue weighted by Gasteiger charge is -2.43. The summed E-state index contributed by atoms with van der Waals surface area (Å²) in [5.74, 6) is 4.70. The highest BCUT2D eigenvalue weighted by molar-refractivity contribution is 14.1. The van der Waals surface area contributed by atoms with E-state index in [2.05, 4.69) is 94.2 Å². The summed E-state index contributed by atoms with van der Waals surface area (Å²) >= 11 is 2.53. The normalized spacial score (nSPS) is 32.0. The molecule has 0 saturated carbocycles. The molecule has 1 aliphatic carbocycles. The molecule has 1 fully saturated rings. The second-order valence-corrected chi connectivity index (χ2v) is 11.0. The lowest BCUT2D eigenvalue weighted by Crippen LogP contribution is -2.48. The maximum atomic E-state index is 4.54. The summed E-state index contributed by atoms with van der Waals surface area (Å²) in [6.45, 7) is 11.5. The Morgan fingerprint density at radius 2 is 2.26 bits per heavy atom. The highest BCUT2D eigenvalue weighted by Gasteiger charge is 2.43. The highest BCUT2D eigenvalue weighted by atomic mass is 127. The smallest absolute Gasteiger partial charge is 0.162 e. The summed E-state index contributed by atoms with van der Waals surface area (Å²) in [4.78, 5) is 11.3. The van der Waals surface area contributed by atoms with E-state index in [-0.39, 0.29) is 9.59 Å². The third kappa shape index (κ3) is 3.47. The number of rotatable bonds is 2. The van der Waals surface area contributed by atoms with Gasteiger partial charge in [0.2, 0.25) is 0 Å². The lowest BCUT2D eigenvalue weighted by atomic mass is 9.73. The van der Waals surface area contributed by atoms with Gasteiger partial charge in [0.05, 0.1) is 12.4 Å². The molecule has 4 rings (SSSR count). The fraction of sp³-hybridized carbons (Fsp3) is 0.500. The summed E-state index contributed by atoms with van der Waals surface area (Å²) in [6, 6.07) is 0.420. The van der Waals surface area contributed by atoms with Crippen LogP contribution >= 0.6 is 22.6 Å². The van der Waals surface area contributed by atoms with Crippen LogP contribution in [0.5, 0.6) is 0 Å². The molecule has 0 spiro atoms. The van der Waals surface area contributed by atoms with Crippen LogP contribution in [0.3, 0.4) is 0 Å². The van der Waals surface area contributed by atoms with Crippen molar-refractivity contribution in [1.82, 2.24) is 10.2 Å². The quantitative estimate of drug-likeness (QED) is 0.357. The molecule has 1 N–H and O–H groups in total. The lowest BCUT2D eigenvalue weighted by molar-refractivity contribution is 0.146. The fourth-order valence-electron chi connectivity index (χ4n) is 4.66. The van der Waals surface area contributed by atoms with E-state index in [9.17, 15) is 0 Å². The number of nitrogens with one attached hydrogen (secondary N) is 1. The summed E-state index contributed by atoms with van der Waals surface area (Å²) in [5.41, 5.74) is 3.94. The van der Waals surface area contributed by atoms with Crippen LogP contribution in [0.1, 0.15) is 40.0 Å². The van der Waals surface area contributed by atoms with Gasteiger partial charge in [-0.05, 0) is 44.9 Å². The molecular formula is C22H27IN4. The molecule has 4 atom stereocenters. The number of hydrogen-bond acceptors (Lipinski definition) is 4. The summed E-state index contributed by atoms with van der Waals surface area (Å²) in [6.07, 6.45) is 13.8. The number of halogens is 1. The largest absolute Gasteiger partial charge is 0.348 e. The summed E-state index contributed by atoms with van der Waals surface area (Å²) in [5, 5.41) is 3.66. The SMILES string of the molecule is C=C(C1CC2NC3=C(C=NC=C=N3)N2C2CC=CC=C(C2)C1C)C(C)(C)I. The molecule has 1 saturated heterocycles. The number of aliphatic imine (C=N–C) groups is 2. The molecule has 5 heteroatoms. The van der Waals surface area contributed by atoms with E-state index >= 15 is 0 Å². The van der Waals surface area contributed by atoms with Crippen LogP contribution in [0, 0.1) is 11.8 Å². The first kappa shape index (κ1) is 18.8. The predicted octanol–water partition coefficient (Wildman–Crippen LogP) is 4.73. The zero-order valence-corrected chi connectivity index (χ0v) is 18.4. The maximum absolute atomic E-state index is 4.54. The van der Waals surface area contributed by atoms with E-state index in [1.54, 1.807) is 6.20 Å².